The van der Waals surface area contributed by atoms with Gasteiger partial charge in [0.15, 0.2) is 5.82 Å². The fourth-order valence-corrected chi connectivity index (χ4v) is 7.15. The third-order valence-corrected chi connectivity index (χ3v) is 9.57. The number of pyridine rings is 1. The molecule has 2 bridgehead atoms. The molecule has 2 saturated carbocycles. The number of carbonyl (C=O) groups is 1. The monoisotopic (exact) mass is 562 g/mol. The number of amides is 1. The van der Waals surface area contributed by atoms with Crippen molar-refractivity contribution in [3.05, 3.63) is 60.2 Å². The van der Waals surface area contributed by atoms with Crippen molar-refractivity contribution in [3.8, 4) is 34.3 Å². The summed E-state index contributed by atoms with van der Waals surface area (Å²) >= 11 is 0. The number of benzene rings is 2. The molecule has 2 aliphatic carbocycles. The fourth-order valence-electron chi connectivity index (χ4n) is 7.15. The molecule has 3 fully saturated rings. The molecule has 3 atom stereocenters. The number of aromatic hydroxyl groups is 1. The molecule has 3 aromatic heterocycles. The number of hydrogen-bond acceptors (Lipinski definition) is 6. The third kappa shape index (κ3) is 3.90. The van der Waals surface area contributed by atoms with Crippen LogP contribution in [-0.4, -0.2) is 60.8 Å². The van der Waals surface area contributed by atoms with Gasteiger partial charge in [-0.15, -0.1) is 0 Å². The summed E-state index contributed by atoms with van der Waals surface area (Å²) < 4.78 is 10.2. The molecule has 5 aromatic rings. The maximum absolute atomic E-state index is 13.7. The van der Waals surface area contributed by atoms with E-state index < -0.39 is 0 Å². The first-order valence-corrected chi connectivity index (χ1v) is 14.8. The predicted octanol–water partition coefficient (Wildman–Crippen LogP) is 4.94. The number of ether oxygens (including phenoxy) is 1. The number of hydrogen-bond donors (Lipinski definition) is 2. The highest BCUT2D eigenvalue weighted by atomic mass is 16.5. The fraction of sp³-hybridized carbons (Fsp3) is 0.364. The molecule has 214 valence electrons. The van der Waals surface area contributed by atoms with Gasteiger partial charge < -0.3 is 29.6 Å². The van der Waals surface area contributed by atoms with Gasteiger partial charge in [0.1, 0.15) is 22.7 Å². The van der Waals surface area contributed by atoms with Crippen molar-refractivity contribution in [2.45, 2.75) is 44.3 Å². The Hall–Kier alpha value is -4.37. The number of nitrogens with two attached hydrogens (primary N) is 1. The number of piperidine rings is 1. The second kappa shape index (κ2) is 9.32. The normalized spacial score (nSPS) is 21.6. The van der Waals surface area contributed by atoms with Gasteiger partial charge in [0.25, 0.3) is 5.91 Å². The third-order valence-electron chi connectivity index (χ3n) is 9.57. The lowest BCUT2D eigenvalue weighted by Crippen LogP contribution is -2.41. The number of aromatic nitrogens is 4. The van der Waals surface area contributed by atoms with Crippen LogP contribution in [-0.2, 0) is 13.6 Å². The molecule has 9 heteroatoms. The maximum atomic E-state index is 13.7. The van der Waals surface area contributed by atoms with Crippen LogP contribution in [0.25, 0.3) is 44.8 Å². The zero-order chi connectivity index (χ0) is 28.7. The van der Waals surface area contributed by atoms with Crippen molar-refractivity contribution in [1.29, 1.82) is 0 Å². The summed E-state index contributed by atoms with van der Waals surface area (Å²) in [4.78, 5) is 25.8. The number of imidazole rings is 1. The molecule has 42 heavy (non-hydrogen) atoms. The highest BCUT2D eigenvalue weighted by molar-refractivity contribution is 6.00. The zero-order valence-electron chi connectivity index (χ0n) is 23.8. The van der Waals surface area contributed by atoms with Gasteiger partial charge in [0.2, 0.25) is 0 Å². The van der Waals surface area contributed by atoms with Crippen LogP contribution in [0, 0.1) is 11.8 Å². The van der Waals surface area contributed by atoms with Gasteiger partial charge in [0, 0.05) is 48.7 Å². The summed E-state index contributed by atoms with van der Waals surface area (Å²) in [6, 6.07) is 17.3. The molecular formula is C33H34N6O3. The number of nitrogens with zero attached hydrogens (tertiary/aromatic N) is 5. The van der Waals surface area contributed by atoms with E-state index in [1.807, 2.05) is 42.3 Å². The number of phenols is 1. The first-order valence-electron chi connectivity index (χ1n) is 14.8. The van der Waals surface area contributed by atoms with Gasteiger partial charge in [-0.1, -0.05) is 12.1 Å². The molecule has 2 aromatic carbocycles. The van der Waals surface area contributed by atoms with E-state index in [-0.39, 0.29) is 23.7 Å². The van der Waals surface area contributed by atoms with Crippen molar-refractivity contribution >= 4 is 28.0 Å². The maximum Gasteiger partial charge on any atom is 0.254 e. The quantitative estimate of drug-likeness (QED) is 0.303. The van der Waals surface area contributed by atoms with E-state index in [0.717, 1.165) is 70.8 Å². The lowest BCUT2D eigenvalue weighted by atomic mass is 10.1. The summed E-state index contributed by atoms with van der Waals surface area (Å²) in [6.07, 6.45) is 4.47. The molecule has 3 N–H and O–H groups in total. The number of carbonyl (C=O) groups excluding carboxylic acids is 1. The number of rotatable bonds is 6. The average molecular weight is 563 g/mol. The number of methoxy groups -OCH3 is 1. The van der Waals surface area contributed by atoms with Crippen LogP contribution in [0.2, 0.25) is 0 Å². The minimum absolute atomic E-state index is 0.00317. The molecule has 0 spiro atoms. The van der Waals surface area contributed by atoms with Gasteiger partial charge in [-0.2, -0.15) is 0 Å². The van der Waals surface area contributed by atoms with Crippen LogP contribution in [0.5, 0.6) is 11.5 Å². The lowest BCUT2D eigenvalue weighted by molar-refractivity contribution is 0.0700. The van der Waals surface area contributed by atoms with E-state index in [1.165, 1.54) is 12.8 Å². The number of phenolic OH excluding ortho intramolecular Hbond substituents is 1. The summed E-state index contributed by atoms with van der Waals surface area (Å²) in [5.41, 5.74) is 12.1. The van der Waals surface area contributed by atoms with E-state index >= 15 is 0 Å². The Balaban J connectivity index is 1.25. The van der Waals surface area contributed by atoms with Gasteiger partial charge in [-0.3, -0.25) is 4.79 Å². The van der Waals surface area contributed by atoms with E-state index in [4.69, 9.17) is 20.4 Å². The highest BCUT2D eigenvalue weighted by Crippen LogP contribution is 2.40. The molecular weight excluding hydrogens is 528 g/mol. The number of fused-ring (bicyclic) bond motifs is 4. The van der Waals surface area contributed by atoms with E-state index in [0.29, 0.717) is 23.1 Å². The summed E-state index contributed by atoms with van der Waals surface area (Å²) in [7, 11) is 3.64. The SMILES string of the molecule is COc1cc(C(=O)N2CC3CCC2[C@@H]3N)cc2nc(-c3cc4ccc(-c5cccc(O)c5)nc4n3CC3CC3)n(C)c12. The van der Waals surface area contributed by atoms with E-state index in [9.17, 15) is 9.90 Å². The van der Waals surface area contributed by atoms with Crippen LogP contribution in [0.15, 0.2) is 54.6 Å². The first-order chi connectivity index (χ1) is 20.4. The van der Waals surface area contributed by atoms with Crippen LogP contribution in [0.1, 0.15) is 36.0 Å². The summed E-state index contributed by atoms with van der Waals surface area (Å²) in [6.45, 7) is 1.58. The van der Waals surface area contributed by atoms with Crippen molar-refractivity contribution in [1.82, 2.24) is 24.0 Å². The van der Waals surface area contributed by atoms with Crippen LogP contribution in [0.3, 0.4) is 0 Å². The van der Waals surface area contributed by atoms with Crippen LogP contribution in [0.4, 0.5) is 0 Å². The predicted molar refractivity (Wildman–Crippen MR) is 161 cm³/mol. The zero-order valence-corrected chi connectivity index (χ0v) is 23.8. The number of aryl methyl sites for hydroxylation is 1. The van der Waals surface area contributed by atoms with Gasteiger partial charge >= 0.3 is 0 Å². The smallest absolute Gasteiger partial charge is 0.254 e. The Morgan fingerprint density at radius 3 is 2.64 bits per heavy atom. The molecule has 3 aliphatic rings. The highest BCUT2D eigenvalue weighted by Gasteiger charge is 2.47. The molecule has 9 nitrogen and oxygen atoms in total. The standard InChI is InChI=1S/C33H34N6O3/c1-37-30-25(13-22(15-28(30)42-2)33(41)39-17-21-9-11-26(39)29(21)34)36-32(37)27-14-20-8-10-24(19-4-3-5-23(40)12-19)35-31(20)38(27)16-18-6-7-18/h3-5,8,10,12-15,18,21,26,29,40H,6-7,9,11,16-17,34H2,1-2H3/t21?,26?,29-/m1/s1. The largest absolute Gasteiger partial charge is 0.508 e. The molecule has 1 amide bonds. The Bertz CT molecular complexity index is 1890. The molecule has 1 aliphatic heterocycles. The lowest BCUT2D eigenvalue weighted by Gasteiger charge is -2.27. The Morgan fingerprint density at radius 1 is 1.07 bits per heavy atom. The Labute approximate surface area is 243 Å². The van der Waals surface area contributed by atoms with Crippen molar-refractivity contribution in [3.63, 3.8) is 0 Å². The van der Waals surface area contributed by atoms with Crippen LogP contribution < -0.4 is 10.5 Å². The van der Waals surface area contributed by atoms with Crippen molar-refractivity contribution in [2.75, 3.05) is 13.7 Å². The van der Waals surface area contributed by atoms with Crippen molar-refractivity contribution < 1.29 is 14.6 Å². The minimum atomic E-state index is -0.00317. The van der Waals surface area contributed by atoms with Gasteiger partial charge in [-0.05, 0) is 80.0 Å². The molecule has 8 rings (SSSR count). The van der Waals surface area contributed by atoms with Gasteiger partial charge in [0.05, 0.1) is 24.0 Å². The topological polar surface area (TPSA) is 111 Å². The first kappa shape index (κ1) is 25.3. The van der Waals surface area contributed by atoms with Crippen LogP contribution >= 0.6 is 0 Å². The second-order valence-electron chi connectivity index (χ2n) is 12.2. The van der Waals surface area contributed by atoms with E-state index in [1.54, 1.807) is 19.2 Å². The van der Waals surface area contributed by atoms with Crippen molar-refractivity contribution in [2.24, 2.45) is 24.6 Å². The molecule has 2 unspecified atom stereocenters. The summed E-state index contributed by atoms with van der Waals surface area (Å²) in [5, 5.41) is 11.1. The average Bonchev–Trinajstić information content (AvgIpc) is 3.40. The Morgan fingerprint density at radius 2 is 1.93 bits per heavy atom. The molecule has 1 saturated heterocycles. The summed E-state index contributed by atoms with van der Waals surface area (Å²) in [5.74, 6) is 2.64. The molecule has 0 radical (unpaired) electrons. The Kier molecular flexibility index (Phi) is 5.63. The van der Waals surface area contributed by atoms with E-state index in [2.05, 4.69) is 21.3 Å². The number of likely N-dealkylation sites (tertiary alicyclic amines) is 1. The molecule has 4 heterocycles. The van der Waals surface area contributed by atoms with Gasteiger partial charge in [-0.25, -0.2) is 9.97 Å². The second-order valence-corrected chi connectivity index (χ2v) is 12.2. The minimum Gasteiger partial charge on any atom is -0.508 e.